The molecule has 0 unspecified atom stereocenters. The Morgan fingerprint density at radius 2 is 1.64 bits per heavy atom. The summed E-state index contributed by atoms with van der Waals surface area (Å²) in [5.41, 5.74) is 1.32. The highest BCUT2D eigenvalue weighted by Gasteiger charge is 2.21. The average Bonchev–Trinajstić information content (AvgIpc) is 3.19. The molecule has 0 radical (unpaired) electrons. The standard InChI is InChI=1S/C21H23F2N3O2/c1-15(27)26(21-18(22)5-4-6-19(21)23)14-11-20(28)24-16-7-9-17(10-8-16)25-12-2-3-13-25/h4-10H,2-3,11-14H2,1H3,(H,24,28). The fourth-order valence-electron chi connectivity index (χ4n) is 3.34. The molecule has 0 bridgehead atoms. The van der Waals surface area contributed by atoms with Gasteiger partial charge in [0.05, 0.1) is 0 Å². The Hall–Kier alpha value is -2.96. The molecular weight excluding hydrogens is 364 g/mol. The fourth-order valence-corrected chi connectivity index (χ4v) is 3.34. The molecule has 28 heavy (non-hydrogen) atoms. The lowest BCUT2D eigenvalue weighted by atomic mass is 10.2. The van der Waals surface area contributed by atoms with E-state index in [4.69, 9.17) is 0 Å². The van der Waals surface area contributed by atoms with E-state index in [0.717, 1.165) is 35.8 Å². The van der Waals surface area contributed by atoms with Gasteiger partial charge in [-0.25, -0.2) is 8.78 Å². The van der Waals surface area contributed by atoms with E-state index in [9.17, 15) is 18.4 Å². The van der Waals surface area contributed by atoms with Crippen LogP contribution in [0.5, 0.6) is 0 Å². The zero-order chi connectivity index (χ0) is 20.1. The summed E-state index contributed by atoms with van der Waals surface area (Å²) in [6.07, 6.45) is 2.29. The molecule has 3 rings (SSSR count). The van der Waals surface area contributed by atoms with Crippen LogP contribution in [0.3, 0.4) is 0 Å². The number of para-hydroxylation sites is 1. The number of amides is 2. The molecule has 1 N–H and O–H groups in total. The maximum atomic E-state index is 14.0. The molecule has 0 spiro atoms. The van der Waals surface area contributed by atoms with Gasteiger partial charge < -0.3 is 15.1 Å². The van der Waals surface area contributed by atoms with Crippen LogP contribution in [0.15, 0.2) is 42.5 Å². The summed E-state index contributed by atoms with van der Waals surface area (Å²) in [5.74, 6) is -2.55. The van der Waals surface area contributed by atoms with E-state index in [1.165, 1.54) is 25.8 Å². The highest BCUT2D eigenvalue weighted by Crippen LogP contribution is 2.24. The molecule has 0 aromatic heterocycles. The molecule has 7 heteroatoms. The van der Waals surface area contributed by atoms with Gasteiger partial charge in [0.15, 0.2) is 0 Å². The lowest BCUT2D eigenvalue weighted by Gasteiger charge is -2.22. The van der Waals surface area contributed by atoms with Gasteiger partial charge in [-0.05, 0) is 49.2 Å². The van der Waals surface area contributed by atoms with Crippen LogP contribution in [-0.4, -0.2) is 31.4 Å². The number of hydrogen-bond acceptors (Lipinski definition) is 3. The van der Waals surface area contributed by atoms with Crippen molar-refractivity contribution in [2.45, 2.75) is 26.2 Å². The van der Waals surface area contributed by atoms with Gasteiger partial charge in [0, 0.05) is 44.4 Å². The number of carbonyl (C=O) groups is 2. The lowest BCUT2D eigenvalue weighted by molar-refractivity contribution is -0.117. The number of nitrogens with one attached hydrogen (secondary N) is 1. The van der Waals surface area contributed by atoms with Crippen LogP contribution in [0.2, 0.25) is 0 Å². The first-order chi connectivity index (χ1) is 13.5. The highest BCUT2D eigenvalue weighted by atomic mass is 19.1. The van der Waals surface area contributed by atoms with Gasteiger partial charge in [0.2, 0.25) is 11.8 Å². The number of anilines is 3. The van der Waals surface area contributed by atoms with Crippen molar-refractivity contribution in [1.29, 1.82) is 0 Å². The van der Waals surface area contributed by atoms with Gasteiger partial charge in [-0.3, -0.25) is 9.59 Å². The van der Waals surface area contributed by atoms with Gasteiger partial charge in [0.25, 0.3) is 0 Å². The zero-order valence-electron chi connectivity index (χ0n) is 15.8. The van der Waals surface area contributed by atoms with E-state index < -0.39 is 23.2 Å². The first-order valence-electron chi connectivity index (χ1n) is 9.32. The number of hydrogen-bond donors (Lipinski definition) is 1. The third kappa shape index (κ3) is 4.65. The average molecular weight is 387 g/mol. The molecule has 2 amide bonds. The summed E-state index contributed by atoms with van der Waals surface area (Å²) >= 11 is 0. The lowest BCUT2D eigenvalue weighted by Crippen LogP contribution is -2.33. The first-order valence-corrected chi connectivity index (χ1v) is 9.32. The van der Waals surface area contributed by atoms with Gasteiger partial charge in [-0.2, -0.15) is 0 Å². The second-order valence-electron chi connectivity index (χ2n) is 6.78. The normalized spacial score (nSPS) is 13.5. The smallest absolute Gasteiger partial charge is 0.226 e. The van der Waals surface area contributed by atoms with Gasteiger partial charge in [0.1, 0.15) is 17.3 Å². The van der Waals surface area contributed by atoms with Crippen molar-refractivity contribution in [2.24, 2.45) is 0 Å². The molecule has 0 atom stereocenters. The van der Waals surface area contributed by atoms with Crippen LogP contribution in [-0.2, 0) is 9.59 Å². The maximum Gasteiger partial charge on any atom is 0.226 e. The topological polar surface area (TPSA) is 52.7 Å². The van der Waals surface area contributed by atoms with Crippen molar-refractivity contribution in [3.8, 4) is 0 Å². The number of halogens is 2. The van der Waals surface area contributed by atoms with Crippen LogP contribution in [0, 0.1) is 11.6 Å². The van der Waals surface area contributed by atoms with Crippen molar-refractivity contribution >= 4 is 28.9 Å². The molecule has 2 aromatic rings. The zero-order valence-corrected chi connectivity index (χ0v) is 15.8. The molecule has 0 aliphatic carbocycles. The Morgan fingerprint density at radius 1 is 1.04 bits per heavy atom. The van der Waals surface area contributed by atoms with Crippen molar-refractivity contribution in [1.82, 2.24) is 0 Å². The molecule has 1 fully saturated rings. The van der Waals surface area contributed by atoms with E-state index in [0.29, 0.717) is 5.69 Å². The molecular formula is C21H23F2N3O2. The second-order valence-corrected chi connectivity index (χ2v) is 6.78. The quantitative estimate of drug-likeness (QED) is 0.817. The Morgan fingerprint density at radius 3 is 2.21 bits per heavy atom. The van der Waals surface area contributed by atoms with Gasteiger partial charge in [-0.15, -0.1) is 0 Å². The third-order valence-corrected chi connectivity index (χ3v) is 4.77. The molecule has 1 heterocycles. The van der Waals surface area contributed by atoms with Crippen LogP contribution >= 0.6 is 0 Å². The SMILES string of the molecule is CC(=O)N(CCC(=O)Nc1ccc(N2CCCC2)cc1)c1c(F)cccc1F. The Bertz CT molecular complexity index is 829. The van der Waals surface area contributed by atoms with E-state index in [1.807, 2.05) is 24.3 Å². The molecule has 148 valence electrons. The second kappa shape index (κ2) is 8.82. The van der Waals surface area contributed by atoms with Gasteiger partial charge in [-0.1, -0.05) is 6.07 Å². The number of benzene rings is 2. The van der Waals surface area contributed by atoms with E-state index >= 15 is 0 Å². The monoisotopic (exact) mass is 387 g/mol. The largest absolute Gasteiger partial charge is 0.372 e. The number of carbonyl (C=O) groups excluding carboxylic acids is 2. The molecule has 1 aliphatic rings. The molecule has 1 saturated heterocycles. The molecule has 5 nitrogen and oxygen atoms in total. The summed E-state index contributed by atoms with van der Waals surface area (Å²) in [6.45, 7) is 3.17. The minimum atomic E-state index is -0.840. The van der Waals surface area contributed by atoms with Crippen molar-refractivity contribution < 1.29 is 18.4 Å². The van der Waals surface area contributed by atoms with Crippen LogP contribution in [0.25, 0.3) is 0 Å². The Labute approximate surface area is 162 Å². The number of nitrogens with zero attached hydrogens (tertiary/aromatic N) is 2. The van der Waals surface area contributed by atoms with Crippen molar-refractivity contribution in [3.05, 3.63) is 54.1 Å². The summed E-state index contributed by atoms with van der Waals surface area (Å²) in [5, 5.41) is 2.75. The Kier molecular flexibility index (Phi) is 6.23. The van der Waals surface area contributed by atoms with E-state index in [2.05, 4.69) is 10.2 Å². The van der Waals surface area contributed by atoms with Crippen molar-refractivity contribution in [3.63, 3.8) is 0 Å². The highest BCUT2D eigenvalue weighted by molar-refractivity contribution is 5.95. The maximum absolute atomic E-state index is 14.0. The van der Waals surface area contributed by atoms with Gasteiger partial charge >= 0.3 is 0 Å². The van der Waals surface area contributed by atoms with E-state index in [1.54, 1.807) is 0 Å². The van der Waals surface area contributed by atoms with E-state index in [-0.39, 0.29) is 18.9 Å². The summed E-state index contributed by atoms with van der Waals surface area (Å²) < 4.78 is 27.9. The Balaban J connectivity index is 1.60. The fraction of sp³-hybridized carbons (Fsp3) is 0.333. The predicted molar refractivity (Wildman–Crippen MR) is 106 cm³/mol. The summed E-state index contributed by atoms with van der Waals surface area (Å²) in [7, 11) is 0. The summed E-state index contributed by atoms with van der Waals surface area (Å²) in [6, 6.07) is 10.9. The minimum Gasteiger partial charge on any atom is -0.372 e. The van der Waals surface area contributed by atoms with Crippen molar-refractivity contribution in [2.75, 3.05) is 34.8 Å². The van der Waals surface area contributed by atoms with Crippen LogP contribution in [0.4, 0.5) is 25.8 Å². The first kappa shape index (κ1) is 19.8. The van der Waals surface area contributed by atoms with Crippen LogP contribution < -0.4 is 15.1 Å². The molecule has 1 aliphatic heterocycles. The summed E-state index contributed by atoms with van der Waals surface area (Å²) in [4.78, 5) is 27.3. The third-order valence-electron chi connectivity index (χ3n) is 4.77. The van der Waals surface area contributed by atoms with Crippen LogP contribution in [0.1, 0.15) is 26.2 Å². The molecule has 2 aromatic carbocycles. The number of rotatable bonds is 6. The minimum absolute atomic E-state index is 0.0821. The molecule has 0 saturated carbocycles. The predicted octanol–water partition coefficient (Wildman–Crippen LogP) is 3.95.